The minimum atomic E-state index is -0.517. The standard InChI is InChI=1S/C21H32N6O4/c1-7-27-18-15(13-23-27)17(16(12-22-18)19(28)25(5)30-6)24-14-8-10-26(11-9-14)20(29)31-21(2,3)4/h12-14H,7-11H2,1-6H3,(H,22,24). The molecule has 170 valence electrons. The number of carbonyl (C=O) groups is 2. The van der Waals surface area contributed by atoms with E-state index in [1.807, 2.05) is 27.7 Å². The van der Waals surface area contributed by atoms with E-state index in [9.17, 15) is 9.59 Å². The Bertz CT molecular complexity index is 943. The zero-order chi connectivity index (χ0) is 22.8. The molecule has 1 N–H and O–H groups in total. The van der Waals surface area contributed by atoms with Gasteiger partial charge in [0.05, 0.1) is 29.9 Å². The first-order chi connectivity index (χ1) is 14.6. The number of nitrogens with zero attached hydrogens (tertiary/aromatic N) is 5. The summed E-state index contributed by atoms with van der Waals surface area (Å²) in [6.45, 7) is 9.41. The average molecular weight is 433 g/mol. The summed E-state index contributed by atoms with van der Waals surface area (Å²) in [5, 5.41) is 9.87. The van der Waals surface area contributed by atoms with Gasteiger partial charge in [0.25, 0.3) is 5.91 Å². The Morgan fingerprint density at radius 2 is 1.94 bits per heavy atom. The average Bonchev–Trinajstić information content (AvgIpc) is 3.15. The predicted molar refractivity (Wildman–Crippen MR) is 117 cm³/mol. The normalized spacial score (nSPS) is 15.2. The maximum atomic E-state index is 12.9. The summed E-state index contributed by atoms with van der Waals surface area (Å²) in [5.74, 6) is -0.296. The molecule has 2 aromatic rings. The Hall–Kier alpha value is -2.88. The molecular weight excluding hydrogens is 400 g/mol. The Morgan fingerprint density at radius 1 is 1.26 bits per heavy atom. The quantitative estimate of drug-likeness (QED) is 0.725. The number of amides is 2. The number of carbonyl (C=O) groups excluding carboxylic acids is 2. The van der Waals surface area contributed by atoms with Crippen LogP contribution in [0.15, 0.2) is 12.4 Å². The van der Waals surface area contributed by atoms with Crippen LogP contribution in [0.5, 0.6) is 0 Å². The van der Waals surface area contributed by atoms with Crippen molar-refractivity contribution in [2.45, 2.75) is 58.7 Å². The van der Waals surface area contributed by atoms with Crippen molar-refractivity contribution in [2.75, 3.05) is 32.6 Å². The number of rotatable bonds is 5. The second-order valence-corrected chi connectivity index (χ2v) is 8.62. The molecule has 0 radical (unpaired) electrons. The van der Waals surface area contributed by atoms with Crippen LogP contribution in [0.4, 0.5) is 10.5 Å². The molecule has 1 aliphatic heterocycles. The van der Waals surface area contributed by atoms with E-state index in [0.717, 1.165) is 18.2 Å². The van der Waals surface area contributed by atoms with Crippen molar-refractivity contribution in [1.29, 1.82) is 0 Å². The molecule has 0 saturated carbocycles. The molecule has 0 unspecified atom stereocenters. The summed E-state index contributed by atoms with van der Waals surface area (Å²) in [4.78, 5) is 36.5. The number of anilines is 1. The van der Waals surface area contributed by atoms with Crippen LogP contribution in [-0.2, 0) is 16.1 Å². The summed E-state index contributed by atoms with van der Waals surface area (Å²) in [6.07, 6.45) is 4.47. The number of ether oxygens (including phenoxy) is 1. The molecule has 31 heavy (non-hydrogen) atoms. The van der Waals surface area contributed by atoms with E-state index in [0.29, 0.717) is 36.5 Å². The van der Waals surface area contributed by atoms with E-state index in [1.54, 1.807) is 29.0 Å². The number of aromatic nitrogens is 3. The van der Waals surface area contributed by atoms with Crippen molar-refractivity contribution in [1.82, 2.24) is 24.7 Å². The highest BCUT2D eigenvalue weighted by Crippen LogP contribution is 2.29. The number of fused-ring (bicyclic) bond motifs is 1. The zero-order valence-corrected chi connectivity index (χ0v) is 19.1. The topological polar surface area (TPSA) is 102 Å². The van der Waals surface area contributed by atoms with E-state index in [2.05, 4.69) is 15.4 Å². The number of nitrogens with one attached hydrogen (secondary N) is 1. The van der Waals surface area contributed by atoms with Crippen molar-refractivity contribution in [3.63, 3.8) is 0 Å². The lowest BCUT2D eigenvalue weighted by Gasteiger charge is -2.34. The number of hydroxylamine groups is 2. The molecule has 3 heterocycles. The van der Waals surface area contributed by atoms with Gasteiger partial charge in [-0.2, -0.15) is 5.10 Å². The Morgan fingerprint density at radius 3 is 2.52 bits per heavy atom. The molecule has 3 rings (SSSR count). The molecule has 1 fully saturated rings. The van der Waals surface area contributed by atoms with E-state index in [-0.39, 0.29) is 18.0 Å². The third-order valence-corrected chi connectivity index (χ3v) is 5.25. The number of piperidine rings is 1. The van der Waals surface area contributed by atoms with Crippen molar-refractivity contribution in [2.24, 2.45) is 0 Å². The summed E-state index contributed by atoms with van der Waals surface area (Å²) >= 11 is 0. The Kier molecular flexibility index (Phi) is 6.68. The molecule has 10 heteroatoms. The highest BCUT2D eigenvalue weighted by molar-refractivity contribution is 6.06. The molecule has 0 aromatic carbocycles. The van der Waals surface area contributed by atoms with Crippen molar-refractivity contribution < 1.29 is 19.2 Å². The van der Waals surface area contributed by atoms with Crippen LogP contribution in [-0.4, -0.2) is 75.6 Å². The van der Waals surface area contributed by atoms with Gasteiger partial charge in [0.15, 0.2) is 5.65 Å². The maximum absolute atomic E-state index is 12.9. The van der Waals surface area contributed by atoms with Gasteiger partial charge in [-0.25, -0.2) is 19.5 Å². The van der Waals surface area contributed by atoms with Gasteiger partial charge in [0, 0.05) is 38.9 Å². The number of hydrogen-bond donors (Lipinski definition) is 1. The Balaban J connectivity index is 1.81. The van der Waals surface area contributed by atoms with Crippen LogP contribution >= 0.6 is 0 Å². The van der Waals surface area contributed by atoms with E-state index in [1.165, 1.54) is 12.2 Å². The fourth-order valence-corrected chi connectivity index (χ4v) is 3.57. The smallest absolute Gasteiger partial charge is 0.410 e. The third kappa shape index (κ3) is 5.07. The second-order valence-electron chi connectivity index (χ2n) is 8.62. The molecule has 1 saturated heterocycles. The highest BCUT2D eigenvalue weighted by Gasteiger charge is 2.29. The fourth-order valence-electron chi connectivity index (χ4n) is 3.57. The number of hydrogen-bond acceptors (Lipinski definition) is 7. The van der Waals surface area contributed by atoms with Gasteiger partial charge in [0.2, 0.25) is 0 Å². The summed E-state index contributed by atoms with van der Waals surface area (Å²) in [6, 6.07) is 0.0914. The highest BCUT2D eigenvalue weighted by atomic mass is 16.7. The molecule has 2 aromatic heterocycles. The molecule has 0 bridgehead atoms. The number of likely N-dealkylation sites (tertiary alicyclic amines) is 1. The minimum absolute atomic E-state index is 0.0914. The van der Waals surface area contributed by atoms with Crippen LogP contribution in [0.3, 0.4) is 0 Å². The molecule has 0 aliphatic carbocycles. The maximum Gasteiger partial charge on any atom is 0.410 e. The Labute approximate surface area is 182 Å². The first-order valence-electron chi connectivity index (χ1n) is 10.6. The second kappa shape index (κ2) is 9.09. The summed E-state index contributed by atoms with van der Waals surface area (Å²) in [5.41, 5.74) is 1.31. The fraction of sp³-hybridized carbons (Fsp3) is 0.619. The minimum Gasteiger partial charge on any atom is -0.444 e. The van der Waals surface area contributed by atoms with Crippen LogP contribution in [0.1, 0.15) is 50.9 Å². The molecule has 1 aliphatic rings. The molecule has 0 atom stereocenters. The van der Waals surface area contributed by atoms with Crippen LogP contribution < -0.4 is 5.32 Å². The number of pyridine rings is 1. The lowest BCUT2D eigenvalue weighted by atomic mass is 10.0. The molecule has 2 amide bonds. The van der Waals surface area contributed by atoms with E-state index < -0.39 is 5.60 Å². The van der Waals surface area contributed by atoms with E-state index >= 15 is 0 Å². The van der Waals surface area contributed by atoms with Crippen molar-refractivity contribution in [3.8, 4) is 0 Å². The van der Waals surface area contributed by atoms with Gasteiger partial charge in [-0.05, 0) is 40.5 Å². The van der Waals surface area contributed by atoms with Crippen LogP contribution in [0, 0.1) is 0 Å². The molecular formula is C21H32N6O4. The first kappa shape index (κ1) is 22.8. The molecule has 10 nitrogen and oxygen atoms in total. The first-order valence-corrected chi connectivity index (χ1v) is 10.6. The lowest BCUT2D eigenvalue weighted by molar-refractivity contribution is -0.0756. The summed E-state index contributed by atoms with van der Waals surface area (Å²) in [7, 11) is 3.00. The lowest BCUT2D eigenvalue weighted by Crippen LogP contribution is -2.44. The van der Waals surface area contributed by atoms with Crippen LogP contribution in [0.2, 0.25) is 0 Å². The van der Waals surface area contributed by atoms with Crippen LogP contribution in [0.25, 0.3) is 11.0 Å². The number of aryl methyl sites for hydroxylation is 1. The van der Waals surface area contributed by atoms with Gasteiger partial charge in [-0.3, -0.25) is 9.63 Å². The van der Waals surface area contributed by atoms with Gasteiger partial charge >= 0.3 is 6.09 Å². The largest absolute Gasteiger partial charge is 0.444 e. The monoisotopic (exact) mass is 432 g/mol. The van der Waals surface area contributed by atoms with Gasteiger partial charge in [0.1, 0.15) is 5.60 Å². The molecule has 0 spiro atoms. The SMILES string of the molecule is CCn1ncc2c(NC3CCN(C(=O)OC(C)(C)C)CC3)c(C(=O)N(C)OC)cnc21. The van der Waals surface area contributed by atoms with Gasteiger partial charge in [-0.1, -0.05) is 0 Å². The third-order valence-electron chi connectivity index (χ3n) is 5.25. The van der Waals surface area contributed by atoms with E-state index in [4.69, 9.17) is 9.57 Å². The van der Waals surface area contributed by atoms with Crippen molar-refractivity contribution >= 4 is 28.7 Å². The van der Waals surface area contributed by atoms with Crippen molar-refractivity contribution in [3.05, 3.63) is 18.0 Å². The van der Waals surface area contributed by atoms with Gasteiger partial charge < -0.3 is 15.0 Å². The predicted octanol–water partition coefficient (Wildman–Crippen LogP) is 2.90. The zero-order valence-electron chi connectivity index (χ0n) is 19.1. The van der Waals surface area contributed by atoms with Gasteiger partial charge in [-0.15, -0.1) is 0 Å². The summed E-state index contributed by atoms with van der Waals surface area (Å²) < 4.78 is 7.27.